The summed E-state index contributed by atoms with van der Waals surface area (Å²) in [6.45, 7) is 2.39. The minimum absolute atomic E-state index is 0.0858. The predicted molar refractivity (Wildman–Crippen MR) is 158 cm³/mol. The zero-order chi connectivity index (χ0) is 28.8. The summed E-state index contributed by atoms with van der Waals surface area (Å²) in [6.07, 6.45) is 3.43. The van der Waals surface area contributed by atoms with Gasteiger partial charge in [0, 0.05) is 26.1 Å². The van der Waals surface area contributed by atoms with Crippen molar-refractivity contribution in [3.63, 3.8) is 0 Å². The van der Waals surface area contributed by atoms with Crippen LogP contribution in [0.25, 0.3) is 22.3 Å². The van der Waals surface area contributed by atoms with Gasteiger partial charge in [-0.15, -0.1) is 0 Å². The van der Waals surface area contributed by atoms with Crippen LogP contribution in [0.5, 0.6) is 5.75 Å². The Kier molecular flexibility index (Phi) is 9.14. The molecule has 1 unspecified atom stereocenters. The average Bonchev–Trinajstić information content (AvgIpc) is 2.99. The standard InChI is InChI=1S/C31H35N3O6S/c1-22-7-12-27(13-8-22)41(35,36)39-21-26(40-31-6-4-5-17-37-31)20-38-25-11-16-28-23(18-25)9-14-30(33-28)29-15-10-24(19-32-29)34(2)3/h7-16,18-19,26,31H,4-6,17,20-21H2,1-3H3/t26-,31?/m0/s1. The topological polar surface area (TPSA) is 100 Å². The van der Waals surface area contributed by atoms with Crippen LogP contribution in [0.15, 0.2) is 77.8 Å². The molecule has 5 rings (SSSR count). The second-order valence-corrected chi connectivity index (χ2v) is 11.9. The van der Waals surface area contributed by atoms with Crippen molar-refractivity contribution < 1.29 is 26.8 Å². The lowest BCUT2D eigenvalue weighted by atomic mass is 10.1. The third kappa shape index (κ3) is 7.59. The lowest BCUT2D eigenvalue weighted by molar-refractivity contribution is -0.198. The first-order valence-corrected chi connectivity index (χ1v) is 15.1. The fraction of sp³-hybridized carbons (Fsp3) is 0.355. The minimum atomic E-state index is -3.95. The number of anilines is 1. The summed E-state index contributed by atoms with van der Waals surface area (Å²) in [5.41, 5.74) is 4.37. The van der Waals surface area contributed by atoms with Crippen LogP contribution < -0.4 is 9.64 Å². The van der Waals surface area contributed by atoms with E-state index >= 15 is 0 Å². The zero-order valence-electron chi connectivity index (χ0n) is 23.5. The average molecular weight is 578 g/mol. The van der Waals surface area contributed by atoms with Crippen molar-refractivity contribution in [3.05, 3.63) is 78.5 Å². The number of ether oxygens (including phenoxy) is 3. The molecule has 0 amide bonds. The predicted octanol–water partition coefficient (Wildman–Crippen LogP) is 5.37. The smallest absolute Gasteiger partial charge is 0.297 e. The van der Waals surface area contributed by atoms with E-state index in [-0.39, 0.29) is 18.1 Å². The van der Waals surface area contributed by atoms with Gasteiger partial charge in [0.15, 0.2) is 6.29 Å². The summed E-state index contributed by atoms with van der Waals surface area (Å²) in [5, 5.41) is 0.905. The molecule has 1 aliphatic heterocycles. The van der Waals surface area contributed by atoms with Crippen molar-refractivity contribution >= 4 is 26.7 Å². The van der Waals surface area contributed by atoms with E-state index in [4.69, 9.17) is 23.4 Å². The first-order valence-electron chi connectivity index (χ1n) is 13.7. The highest BCUT2D eigenvalue weighted by atomic mass is 32.2. The van der Waals surface area contributed by atoms with Crippen LogP contribution in [0.3, 0.4) is 0 Å². The molecule has 0 N–H and O–H groups in total. The summed E-state index contributed by atoms with van der Waals surface area (Å²) in [7, 11) is -0.0000436. The molecule has 1 saturated heterocycles. The van der Waals surface area contributed by atoms with Gasteiger partial charge in [-0.3, -0.25) is 9.17 Å². The molecule has 0 radical (unpaired) electrons. The molecule has 0 spiro atoms. The number of aromatic nitrogens is 2. The highest BCUT2D eigenvalue weighted by Crippen LogP contribution is 2.25. The molecule has 1 fully saturated rings. The molecule has 0 aliphatic carbocycles. The van der Waals surface area contributed by atoms with Gasteiger partial charge >= 0.3 is 0 Å². The minimum Gasteiger partial charge on any atom is -0.491 e. The molecule has 216 valence electrons. The highest BCUT2D eigenvalue weighted by molar-refractivity contribution is 7.86. The molecule has 2 aromatic heterocycles. The number of hydrogen-bond donors (Lipinski definition) is 0. The van der Waals surface area contributed by atoms with Crippen LogP contribution in [-0.2, 0) is 23.8 Å². The van der Waals surface area contributed by atoms with E-state index in [0.29, 0.717) is 12.4 Å². The van der Waals surface area contributed by atoms with Gasteiger partial charge < -0.3 is 19.1 Å². The first kappa shape index (κ1) is 28.9. The summed E-state index contributed by atoms with van der Waals surface area (Å²) < 4.78 is 48.8. The number of pyridine rings is 2. The molecule has 0 bridgehead atoms. The van der Waals surface area contributed by atoms with Crippen molar-refractivity contribution in [2.45, 2.75) is 43.5 Å². The maximum atomic E-state index is 12.8. The SMILES string of the molecule is Cc1ccc(S(=O)(=O)OC[C@H](COc2ccc3nc(-c4ccc(N(C)C)cn4)ccc3c2)OC2CCCCO2)cc1. The first-order chi connectivity index (χ1) is 19.8. The monoisotopic (exact) mass is 577 g/mol. The lowest BCUT2D eigenvalue weighted by Crippen LogP contribution is -2.35. The van der Waals surface area contributed by atoms with Crippen molar-refractivity contribution in [3.8, 4) is 17.1 Å². The zero-order valence-corrected chi connectivity index (χ0v) is 24.3. The van der Waals surface area contributed by atoms with E-state index in [1.807, 2.05) is 74.6 Å². The van der Waals surface area contributed by atoms with Crippen LogP contribution in [0.4, 0.5) is 5.69 Å². The van der Waals surface area contributed by atoms with Crippen LogP contribution in [0.1, 0.15) is 24.8 Å². The van der Waals surface area contributed by atoms with Gasteiger partial charge in [0.05, 0.1) is 40.3 Å². The summed E-state index contributed by atoms with van der Waals surface area (Å²) in [4.78, 5) is 11.4. The van der Waals surface area contributed by atoms with Crippen LogP contribution in [0, 0.1) is 6.92 Å². The van der Waals surface area contributed by atoms with E-state index in [1.54, 1.807) is 12.1 Å². The van der Waals surface area contributed by atoms with Crippen LogP contribution in [0.2, 0.25) is 0 Å². The molecule has 0 saturated carbocycles. The number of benzene rings is 2. The van der Waals surface area contributed by atoms with Gasteiger partial charge in [-0.05, 0) is 74.7 Å². The van der Waals surface area contributed by atoms with E-state index in [0.717, 1.165) is 52.8 Å². The van der Waals surface area contributed by atoms with Gasteiger partial charge in [-0.2, -0.15) is 8.42 Å². The third-order valence-electron chi connectivity index (χ3n) is 6.82. The Morgan fingerprint density at radius 2 is 1.78 bits per heavy atom. The van der Waals surface area contributed by atoms with E-state index in [2.05, 4.69) is 4.98 Å². The van der Waals surface area contributed by atoms with Crippen LogP contribution in [-0.4, -0.2) is 64.7 Å². The maximum Gasteiger partial charge on any atom is 0.297 e. The second-order valence-electron chi connectivity index (χ2n) is 10.3. The molecular formula is C31H35N3O6S. The van der Waals surface area contributed by atoms with Crippen molar-refractivity contribution in [1.29, 1.82) is 0 Å². The fourth-order valence-corrected chi connectivity index (χ4v) is 5.36. The maximum absolute atomic E-state index is 12.8. The van der Waals surface area contributed by atoms with E-state index < -0.39 is 22.5 Å². The molecule has 9 nitrogen and oxygen atoms in total. The molecular weight excluding hydrogens is 542 g/mol. The second kappa shape index (κ2) is 12.9. The molecule has 3 heterocycles. The third-order valence-corrected chi connectivity index (χ3v) is 8.12. The Morgan fingerprint density at radius 3 is 2.49 bits per heavy atom. The largest absolute Gasteiger partial charge is 0.491 e. The van der Waals surface area contributed by atoms with E-state index in [9.17, 15) is 8.42 Å². The number of aryl methyl sites for hydroxylation is 1. The fourth-order valence-electron chi connectivity index (χ4n) is 4.43. The lowest BCUT2D eigenvalue weighted by Gasteiger charge is -2.27. The molecule has 10 heteroatoms. The number of hydrogen-bond acceptors (Lipinski definition) is 9. The van der Waals surface area contributed by atoms with E-state index in [1.165, 1.54) is 12.1 Å². The Labute approximate surface area is 241 Å². The van der Waals surface area contributed by atoms with Gasteiger partial charge in [-0.1, -0.05) is 23.8 Å². The summed E-state index contributed by atoms with van der Waals surface area (Å²) >= 11 is 0. The number of nitrogens with zero attached hydrogens (tertiary/aromatic N) is 3. The molecule has 41 heavy (non-hydrogen) atoms. The van der Waals surface area contributed by atoms with Crippen LogP contribution >= 0.6 is 0 Å². The van der Waals surface area contributed by atoms with Gasteiger partial charge in [-0.25, -0.2) is 4.98 Å². The molecule has 2 aromatic carbocycles. The Hall–Kier alpha value is -3.57. The van der Waals surface area contributed by atoms with Crippen molar-refractivity contribution in [2.24, 2.45) is 0 Å². The van der Waals surface area contributed by atoms with Gasteiger partial charge in [0.1, 0.15) is 18.5 Å². The Morgan fingerprint density at radius 1 is 0.976 bits per heavy atom. The summed E-state index contributed by atoms with van der Waals surface area (Å²) in [6, 6.07) is 20.0. The summed E-state index contributed by atoms with van der Waals surface area (Å²) in [5.74, 6) is 0.611. The molecule has 2 atom stereocenters. The Bertz CT molecular complexity index is 1550. The molecule has 4 aromatic rings. The number of fused-ring (bicyclic) bond motifs is 1. The number of rotatable bonds is 11. The molecule has 1 aliphatic rings. The van der Waals surface area contributed by atoms with Crippen molar-refractivity contribution in [2.75, 3.05) is 38.8 Å². The quantitative estimate of drug-likeness (QED) is 0.218. The Balaban J connectivity index is 1.26. The van der Waals surface area contributed by atoms with Gasteiger partial charge in [0.25, 0.3) is 10.1 Å². The van der Waals surface area contributed by atoms with Gasteiger partial charge in [0.2, 0.25) is 0 Å². The highest BCUT2D eigenvalue weighted by Gasteiger charge is 2.24. The van der Waals surface area contributed by atoms with Crippen molar-refractivity contribution in [1.82, 2.24) is 9.97 Å². The normalized spacial score (nSPS) is 16.4.